The average molecular weight is 763 g/mol. The monoisotopic (exact) mass is 762 g/mol. The van der Waals surface area contributed by atoms with E-state index >= 15 is 0 Å². The van der Waals surface area contributed by atoms with Crippen LogP contribution in [-0.4, -0.2) is 88.3 Å². The molecule has 1 fully saturated rings. The summed E-state index contributed by atoms with van der Waals surface area (Å²) in [4.78, 5) is 48.5. The van der Waals surface area contributed by atoms with Crippen LogP contribution in [0.5, 0.6) is 0 Å². The smallest absolute Gasteiger partial charge is 0.328 e. The van der Waals surface area contributed by atoms with Crippen molar-refractivity contribution in [3.8, 4) is 0 Å². The number of nitrogens with zero attached hydrogens (tertiary/aromatic N) is 4. The van der Waals surface area contributed by atoms with Crippen LogP contribution in [0.15, 0.2) is 90.0 Å². The standard InChI is InChI=1S/C39H47ClN6O6S/c1-5-26(4)37(46-24-36(48)45(39(46)50)22-28-17-18-42-33-14-10-9-13-30(28)33)38(49)43-34(19-27-11-7-6-8-12-27)35(47)23-44(21-25(2)3)53(51,52)29-15-16-31(40)32(41)20-29/h6-18,20,25-26,34-35,37,47H,5,19,21-24,41H2,1-4H3,(H,43,49)/t26-,34-,35-,37-/m0/s1. The first kappa shape index (κ1) is 39.6. The van der Waals surface area contributed by atoms with Gasteiger partial charge < -0.3 is 21.1 Å². The maximum absolute atomic E-state index is 14.4. The first-order valence-electron chi connectivity index (χ1n) is 17.7. The molecule has 12 nitrogen and oxygen atoms in total. The van der Waals surface area contributed by atoms with Crippen molar-refractivity contribution in [1.82, 2.24) is 24.4 Å². The third kappa shape index (κ3) is 9.15. The van der Waals surface area contributed by atoms with Crippen LogP contribution in [0.2, 0.25) is 5.02 Å². The van der Waals surface area contributed by atoms with Crippen LogP contribution < -0.4 is 11.1 Å². The van der Waals surface area contributed by atoms with Gasteiger partial charge in [0.15, 0.2) is 0 Å². The Balaban J connectivity index is 1.42. The fraction of sp³-hybridized carbons (Fsp3) is 0.385. The fourth-order valence-electron chi connectivity index (χ4n) is 6.59. The summed E-state index contributed by atoms with van der Waals surface area (Å²) in [5, 5.41) is 15.8. The highest BCUT2D eigenvalue weighted by atomic mass is 35.5. The summed E-state index contributed by atoms with van der Waals surface area (Å²) in [6, 6.07) is 19.9. The fourth-order valence-corrected chi connectivity index (χ4v) is 8.37. The number of halogens is 1. The van der Waals surface area contributed by atoms with Crippen molar-refractivity contribution in [2.75, 3.05) is 25.4 Å². The molecule has 282 valence electrons. The van der Waals surface area contributed by atoms with Crippen molar-refractivity contribution in [2.24, 2.45) is 11.8 Å². The molecule has 1 aliphatic rings. The zero-order valence-electron chi connectivity index (χ0n) is 30.4. The largest absolute Gasteiger partial charge is 0.397 e. The lowest BCUT2D eigenvalue weighted by molar-refractivity contribution is -0.129. The van der Waals surface area contributed by atoms with Gasteiger partial charge >= 0.3 is 6.03 Å². The Bertz CT molecular complexity index is 2040. The summed E-state index contributed by atoms with van der Waals surface area (Å²) in [5.41, 5.74) is 8.33. The summed E-state index contributed by atoms with van der Waals surface area (Å²) in [7, 11) is -4.15. The molecule has 0 bridgehead atoms. The lowest BCUT2D eigenvalue weighted by Crippen LogP contribution is -2.57. The highest BCUT2D eigenvalue weighted by Gasteiger charge is 2.45. The number of imide groups is 1. The number of aliphatic hydroxyl groups excluding tert-OH is 1. The molecule has 1 saturated heterocycles. The van der Waals surface area contributed by atoms with E-state index in [1.807, 2.05) is 82.3 Å². The minimum atomic E-state index is -4.15. The van der Waals surface area contributed by atoms with E-state index in [1.165, 1.54) is 27.4 Å². The number of sulfonamides is 1. The lowest BCUT2D eigenvalue weighted by atomic mass is 9.95. The van der Waals surface area contributed by atoms with Gasteiger partial charge in [0, 0.05) is 24.7 Å². The van der Waals surface area contributed by atoms with Crippen molar-refractivity contribution in [3.05, 3.63) is 101 Å². The quantitative estimate of drug-likeness (QED) is 0.105. The molecular weight excluding hydrogens is 716 g/mol. The number of amides is 4. The molecule has 4 aromatic rings. The summed E-state index contributed by atoms with van der Waals surface area (Å²) in [6.07, 6.45) is 0.939. The summed E-state index contributed by atoms with van der Waals surface area (Å²) >= 11 is 6.07. The van der Waals surface area contributed by atoms with Gasteiger partial charge in [-0.15, -0.1) is 0 Å². The summed E-state index contributed by atoms with van der Waals surface area (Å²) in [6.45, 7) is 6.91. The zero-order valence-corrected chi connectivity index (χ0v) is 31.9. The third-order valence-corrected chi connectivity index (χ3v) is 11.8. The highest BCUT2D eigenvalue weighted by Crippen LogP contribution is 2.28. The average Bonchev–Trinajstić information content (AvgIpc) is 3.40. The van der Waals surface area contributed by atoms with Crippen LogP contribution in [0.4, 0.5) is 10.5 Å². The van der Waals surface area contributed by atoms with Gasteiger partial charge in [0.25, 0.3) is 5.91 Å². The van der Waals surface area contributed by atoms with Crippen molar-refractivity contribution in [2.45, 2.75) is 70.2 Å². The van der Waals surface area contributed by atoms with Gasteiger partial charge in [-0.25, -0.2) is 13.2 Å². The number of hydrogen-bond acceptors (Lipinski definition) is 8. The number of anilines is 1. The molecule has 4 N–H and O–H groups in total. The Morgan fingerprint density at radius 2 is 1.72 bits per heavy atom. The number of carbonyl (C=O) groups is 3. The number of benzene rings is 3. The van der Waals surface area contributed by atoms with Crippen molar-refractivity contribution in [1.29, 1.82) is 0 Å². The minimum Gasteiger partial charge on any atom is -0.397 e. The number of urea groups is 1. The van der Waals surface area contributed by atoms with Gasteiger partial charge in [-0.2, -0.15) is 4.31 Å². The zero-order chi connectivity index (χ0) is 38.4. The van der Waals surface area contributed by atoms with E-state index in [-0.39, 0.29) is 60.0 Å². The molecule has 0 spiro atoms. The molecule has 2 heterocycles. The molecule has 1 aromatic heterocycles. The number of pyridine rings is 1. The van der Waals surface area contributed by atoms with Crippen LogP contribution in [0, 0.1) is 11.8 Å². The predicted molar refractivity (Wildman–Crippen MR) is 205 cm³/mol. The molecule has 4 amide bonds. The highest BCUT2D eigenvalue weighted by molar-refractivity contribution is 7.89. The van der Waals surface area contributed by atoms with Crippen molar-refractivity contribution < 1.29 is 27.9 Å². The van der Waals surface area contributed by atoms with Crippen LogP contribution in [0.25, 0.3) is 10.9 Å². The summed E-state index contributed by atoms with van der Waals surface area (Å²) in [5.74, 6) is -1.46. The molecule has 3 aromatic carbocycles. The number of aliphatic hydroxyl groups is 1. The number of fused-ring (bicyclic) bond motifs is 1. The first-order valence-corrected chi connectivity index (χ1v) is 19.5. The van der Waals surface area contributed by atoms with Crippen LogP contribution in [0.3, 0.4) is 0 Å². The lowest BCUT2D eigenvalue weighted by Gasteiger charge is -2.34. The number of nitrogens with one attached hydrogen (secondary N) is 1. The maximum atomic E-state index is 14.4. The Morgan fingerprint density at radius 3 is 2.40 bits per heavy atom. The number of nitrogen functional groups attached to an aromatic ring is 1. The van der Waals surface area contributed by atoms with Crippen LogP contribution >= 0.6 is 11.6 Å². The van der Waals surface area contributed by atoms with Crippen LogP contribution in [-0.2, 0) is 32.6 Å². The second-order valence-corrected chi connectivity index (χ2v) is 16.3. The topological polar surface area (TPSA) is 166 Å². The van der Waals surface area contributed by atoms with Crippen molar-refractivity contribution in [3.63, 3.8) is 0 Å². The molecule has 4 atom stereocenters. The van der Waals surface area contributed by atoms with E-state index in [1.54, 1.807) is 12.3 Å². The van der Waals surface area contributed by atoms with Crippen LogP contribution in [0.1, 0.15) is 45.2 Å². The number of rotatable bonds is 16. The molecule has 0 aliphatic carbocycles. The van der Waals surface area contributed by atoms with Gasteiger partial charge in [0.2, 0.25) is 15.9 Å². The van der Waals surface area contributed by atoms with Gasteiger partial charge in [-0.3, -0.25) is 19.5 Å². The number of aromatic nitrogens is 1. The third-order valence-electron chi connectivity index (χ3n) is 9.59. The Hall–Kier alpha value is -4.56. The number of nitrogens with two attached hydrogens (primary N) is 1. The Labute approximate surface area is 316 Å². The SMILES string of the molecule is CC[C@H](C)[C@@H](C(=O)N[C@@H](Cc1ccccc1)[C@@H](O)CN(CC(C)C)S(=O)(=O)c1ccc(Cl)c(N)c1)N1CC(=O)N(Cc2ccnc3ccccc23)C1=O. The first-order chi connectivity index (χ1) is 25.2. The second kappa shape index (κ2) is 17.1. The molecular formula is C39H47ClN6O6S. The van der Waals surface area contributed by atoms with Crippen molar-refractivity contribution >= 4 is 56.1 Å². The molecule has 0 unspecified atom stereocenters. The van der Waals surface area contributed by atoms with E-state index in [0.717, 1.165) is 26.9 Å². The Morgan fingerprint density at radius 1 is 1.02 bits per heavy atom. The molecule has 53 heavy (non-hydrogen) atoms. The summed E-state index contributed by atoms with van der Waals surface area (Å²) < 4.78 is 29.0. The second-order valence-electron chi connectivity index (χ2n) is 14.0. The number of para-hydroxylation sites is 1. The normalized spacial score (nSPS) is 16.0. The number of carbonyl (C=O) groups excluding carboxylic acids is 3. The van der Waals surface area contributed by atoms with E-state index in [9.17, 15) is 27.9 Å². The Kier molecular flexibility index (Phi) is 12.8. The van der Waals surface area contributed by atoms with E-state index < -0.39 is 46.1 Å². The van der Waals surface area contributed by atoms with Gasteiger partial charge in [0.05, 0.1) is 39.8 Å². The molecule has 0 radical (unpaired) electrons. The molecule has 5 rings (SSSR count). The number of hydrogen-bond donors (Lipinski definition) is 3. The van der Waals surface area contributed by atoms with Gasteiger partial charge in [-0.1, -0.05) is 94.2 Å². The molecule has 0 saturated carbocycles. The molecule has 1 aliphatic heterocycles. The molecule has 14 heteroatoms. The van der Waals surface area contributed by atoms with E-state index in [2.05, 4.69) is 10.3 Å². The minimum absolute atomic E-state index is 0.0147. The van der Waals surface area contributed by atoms with E-state index in [0.29, 0.717) is 6.42 Å². The predicted octanol–water partition coefficient (Wildman–Crippen LogP) is 5.08. The van der Waals surface area contributed by atoms with Gasteiger partial charge in [-0.05, 0) is 59.7 Å². The van der Waals surface area contributed by atoms with Gasteiger partial charge in [0.1, 0.15) is 12.6 Å². The van der Waals surface area contributed by atoms with E-state index in [4.69, 9.17) is 17.3 Å². The maximum Gasteiger partial charge on any atom is 0.328 e.